The predicted octanol–water partition coefficient (Wildman–Crippen LogP) is 3.10. The van der Waals surface area contributed by atoms with Gasteiger partial charge in [-0.1, -0.05) is 6.07 Å². The molecule has 3 fully saturated rings. The summed E-state index contributed by atoms with van der Waals surface area (Å²) in [5.41, 5.74) is 1.02. The highest BCUT2D eigenvalue weighted by atomic mass is 35.5. The molecule has 5 atom stereocenters. The first-order valence-corrected chi connectivity index (χ1v) is 12.9. The number of nitrogens with zero attached hydrogens (tertiary/aromatic N) is 2. The molecule has 2 bridgehead atoms. The van der Waals surface area contributed by atoms with E-state index in [4.69, 9.17) is 27.9 Å². The Bertz CT molecular complexity index is 875. The first-order chi connectivity index (χ1) is 15.0. The summed E-state index contributed by atoms with van der Waals surface area (Å²) in [6.45, 7) is 3.58. The highest BCUT2D eigenvalue weighted by molar-refractivity contribution is 6.18. The maximum absolute atomic E-state index is 12.5. The normalized spacial score (nSPS) is 38.3. The summed E-state index contributed by atoms with van der Waals surface area (Å²) in [6, 6.07) is 4.09. The number of phenols is 1. The van der Waals surface area contributed by atoms with E-state index in [1.54, 1.807) is 6.07 Å². The molecule has 0 aromatic heterocycles. The Kier molecular flexibility index (Phi) is 4.97. The quantitative estimate of drug-likeness (QED) is 0.604. The largest absolute Gasteiger partial charge is 0.504 e. The zero-order chi connectivity index (χ0) is 21.4. The predicted molar refractivity (Wildman–Crippen MR) is 122 cm³/mol. The highest BCUT2D eigenvalue weighted by Crippen LogP contribution is 2.66. The zero-order valence-electron chi connectivity index (χ0n) is 17.9. The van der Waals surface area contributed by atoms with Crippen molar-refractivity contribution in [3.8, 4) is 11.5 Å². The first kappa shape index (κ1) is 20.9. The minimum Gasteiger partial charge on any atom is -0.504 e. The van der Waals surface area contributed by atoms with Crippen LogP contribution in [-0.2, 0) is 11.8 Å². The average Bonchev–Trinajstić information content (AvgIpc) is 3.49. The second kappa shape index (κ2) is 7.39. The number of aliphatic hydroxyl groups is 1. The summed E-state index contributed by atoms with van der Waals surface area (Å²) in [5, 5.41) is 23.2. The Labute approximate surface area is 194 Å². The number of hydrogen-bond donors (Lipinski definition) is 2. The third kappa shape index (κ3) is 2.80. The molecule has 2 heterocycles. The number of alkyl halides is 2. The summed E-state index contributed by atoms with van der Waals surface area (Å²) >= 11 is 12.3. The number of rotatable bonds is 7. The van der Waals surface area contributed by atoms with Crippen LogP contribution in [0, 0.1) is 5.92 Å². The Morgan fingerprint density at radius 3 is 2.61 bits per heavy atom. The molecule has 31 heavy (non-hydrogen) atoms. The van der Waals surface area contributed by atoms with Crippen molar-refractivity contribution in [3.63, 3.8) is 0 Å². The fourth-order valence-corrected chi connectivity index (χ4v) is 7.92. The van der Waals surface area contributed by atoms with E-state index >= 15 is 0 Å². The van der Waals surface area contributed by atoms with Crippen molar-refractivity contribution in [2.24, 2.45) is 5.92 Å². The topological polar surface area (TPSA) is 56.2 Å². The van der Waals surface area contributed by atoms with Crippen LogP contribution in [0.4, 0.5) is 0 Å². The van der Waals surface area contributed by atoms with E-state index in [0.29, 0.717) is 17.5 Å². The fourth-order valence-electron chi connectivity index (χ4n) is 7.49. The highest BCUT2D eigenvalue weighted by Gasteiger charge is 2.73. The molecule has 6 rings (SSSR count). The SMILES string of the molecule is Oc1ccc2c3c1O[C@H]1[C@@H](N(CCCl)CCCl)CCC4(O)C(C2)N(CC2CC2)CCC314. The van der Waals surface area contributed by atoms with Crippen LogP contribution in [0.3, 0.4) is 0 Å². The van der Waals surface area contributed by atoms with E-state index < -0.39 is 11.0 Å². The maximum atomic E-state index is 12.5. The van der Waals surface area contributed by atoms with E-state index in [-0.39, 0.29) is 23.9 Å². The van der Waals surface area contributed by atoms with Crippen LogP contribution in [-0.4, -0.2) is 81.7 Å². The van der Waals surface area contributed by atoms with E-state index in [2.05, 4.69) is 15.9 Å². The number of hydrogen-bond acceptors (Lipinski definition) is 5. The number of halogens is 2. The van der Waals surface area contributed by atoms with Crippen molar-refractivity contribution in [1.82, 2.24) is 9.80 Å². The fraction of sp³-hybridized carbons (Fsp3) is 0.750. The molecule has 3 unspecified atom stereocenters. The molecule has 1 spiro atoms. The number of aromatic hydroxyl groups is 1. The van der Waals surface area contributed by atoms with Gasteiger partial charge in [-0.2, -0.15) is 0 Å². The number of benzene rings is 1. The molecule has 3 aliphatic carbocycles. The van der Waals surface area contributed by atoms with Gasteiger partial charge in [0, 0.05) is 49.0 Å². The molecular formula is C24H32Cl2N2O3. The van der Waals surface area contributed by atoms with Gasteiger partial charge in [-0.15, -0.1) is 23.2 Å². The van der Waals surface area contributed by atoms with Gasteiger partial charge in [-0.25, -0.2) is 0 Å². The van der Waals surface area contributed by atoms with Crippen molar-refractivity contribution in [2.75, 3.05) is 37.9 Å². The van der Waals surface area contributed by atoms with Gasteiger partial charge in [0.2, 0.25) is 0 Å². The molecule has 5 aliphatic rings. The number of phenolic OH excluding ortho intramolecular Hbond substituents is 1. The third-order valence-electron chi connectivity index (χ3n) is 8.94. The van der Waals surface area contributed by atoms with Crippen molar-refractivity contribution >= 4 is 23.2 Å². The van der Waals surface area contributed by atoms with E-state index in [1.165, 1.54) is 18.4 Å². The second-order valence-corrected chi connectivity index (χ2v) is 11.1. The second-order valence-electron chi connectivity index (χ2n) is 10.3. The standard InChI is InChI=1S/C24H32Cl2N2O3/c25-8-11-27(12-9-26)17-5-6-24(30)19-13-16-3-4-18(29)21-20(16)23(24,22(17)31-21)7-10-28(19)14-15-1-2-15/h3-4,15,17,19,22,29-30H,1-2,5-14H2/t17-,19?,22-,23?,24?/m0/s1. The van der Waals surface area contributed by atoms with E-state index in [0.717, 1.165) is 63.3 Å². The maximum Gasteiger partial charge on any atom is 0.165 e. The summed E-state index contributed by atoms with van der Waals surface area (Å²) in [5.74, 6) is 2.68. The Balaban J connectivity index is 1.47. The smallest absolute Gasteiger partial charge is 0.165 e. The average molecular weight is 467 g/mol. The molecule has 1 aromatic carbocycles. The molecule has 0 radical (unpaired) electrons. The minimum atomic E-state index is -0.832. The Hall–Kier alpha value is -0.720. The summed E-state index contributed by atoms with van der Waals surface area (Å²) in [7, 11) is 0. The van der Waals surface area contributed by atoms with Gasteiger partial charge in [0.25, 0.3) is 0 Å². The van der Waals surface area contributed by atoms with Crippen LogP contribution in [0.2, 0.25) is 0 Å². The lowest BCUT2D eigenvalue weighted by atomic mass is 9.48. The van der Waals surface area contributed by atoms with Gasteiger partial charge in [-0.3, -0.25) is 9.80 Å². The number of likely N-dealkylation sites (tertiary alicyclic amines) is 1. The number of piperidine rings is 1. The van der Waals surface area contributed by atoms with Crippen LogP contribution in [0.25, 0.3) is 0 Å². The lowest BCUT2D eigenvalue weighted by Gasteiger charge is -2.65. The lowest BCUT2D eigenvalue weighted by molar-refractivity contribution is -0.200. The third-order valence-corrected chi connectivity index (χ3v) is 9.28. The molecule has 1 aromatic rings. The van der Waals surface area contributed by atoms with Crippen molar-refractivity contribution < 1.29 is 14.9 Å². The van der Waals surface area contributed by atoms with E-state index in [1.807, 2.05) is 0 Å². The molecule has 2 saturated carbocycles. The van der Waals surface area contributed by atoms with Crippen molar-refractivity contribution in [1.29, 1.82) is 0 Å². The van der Waals surface area contributed by atoms with Crippen molar-refractivity contribution in [2.45, 2.75) is 67.7 Å². The van der Waals surface area contributed by atoms with Crippen molar-refractivity contribution in [3.05, 3.63) is 23.3 Å². The molecule has 1 saturated heterocycles. The summed E-state index contributed by atoms with van der Waals surface area (Å²) in [4.78, 5) is 4.92. The Morgan fingerprint density at radius 1 is 1.13 bits per heavy atom. The van der Waals surface area contributed by atoms with Crippen LogP contribution in [0.1, 0.15) is 43.2 Å². The minimum absolute atomic E-state index is 0.117. The molecule has 5 nitrogen and oxygen atoms in total. The molecule has 170 valence electrons. The zero-order valence-corrected chi connectivity index (χ0v) is 19.4. The molecule has 2 aliphatic heterocycles. The van der Waals surface area contributed by atoms with E-state index in [9.17, 15) is 10.2 Å². The van der Waals surface area contributed by atoms with Gasteiger partial charge in [0.1, 0.15) is 6.10 Å². The van der Waals surface area contributed by atoms with Gasteiger partial charge >= 0.3 is 0 Å². The van der Waals surface area contributed by atoms with Crippen LogP contribution in [0.15, 0.2) is 12.1 Å². The lowest BCUT2D eigenvalue weighted by Crippen LogP contribution is -2.78. The van der Waals surface area contributed by atoms with Gasteiger partial charge in [0.05, 0.1) is 11.0 Å². The van der Waals surface area contributed by atoms with Crippen LogP contribution in [0.5, 0.6) is 11.5 Å². The van der Waals surface area contributed by atoms with Crippen LogP contribution < -0.4 is 4.74 Å². The van der Waals surface area contributed by atoms with Crippen LogP contribution >= 0.6 is 23.2 Å². The molecule has 0 amide bonds. The van der Waals surface area contributed by atoms with Gasteiger partial charge in [0.15, 0.2) is 11.5 Å². The molecule has 7 heteroatoms. The van der Waals surface area contributed by atoms with Gasteiger partial charge in [-0.05, 0) is 62.6 Å². The number of ether oxygens (including phenoxy) is 1. The summed E-state index contributed by atoms with van der Waals surface area (Å²) in [6.07, 6.45) is 5.76. The first-order valence-electron chi connectivity index (χ1n) is 11.9. The summed E-state index contributed by atoms with van der Waals surface area (Å²) < 4.78 is 6.63. The molecular weight excluding hydrogens is 435 g/mol. The molecule has 2 N–H and O–H groups in total. The monoisotopic (exact) mass is 466 g/mol. The Morgan fingerprint density at radius 2 is 1.90 bits per heavy atom. The van der Waals surface area contributed by atoms with Gasteiger partial charge < -0.3 is 14.9 Å².